The summed E-state index contributed by atoms with van der Waals surface area (Å²) in [6.45, 7) is 4.99. The van der Waals surface area contributed by atoms with Crippen molar-refractivity contribution in [3.05, 3.63) is 70.9 Å². The van der Waals surface area contributed by atoms with Gasteiger partial charge in [-0.2, -0.15) is 4.98 Å². The molecule has 0 aliphatic carbocycles. The normalized spacial score (nSPS) is 10.8. The summed E-state index contributed by atoms with van der Waals surface area (Å²) < 4.78 is 11.0. The Balaban J connectivity index is 1.93. The zero-order chi connectivity index (χ0) is 20.8. The lowest BCUT2D eigenvalue weighted by Crippen LogP contribution is -2.09. The predicted octanol–water partition coefficient (Wildman–Crippen LogP) is 4.40. The Morgan fingerprint density at radius 2 is 1.69 bits per heavy atom. The fraction of sp³-hybridized carbons (Fsp3) is 0.304. The van der Waals surface area contributed by atoms with Crippen LogP contribution in [0.1, 0.15) is 42.0 Å². The molecule has 0 bridgehead atoms. The van der Waals surface area contributed by atoms with Gasteiger partial charge in [0.25, 0.3) is 0 Å². The molecule has 0 radical (unpaired) electrons. The first kappa shape index (κ1) is 20.5. The highest BCUT2D eigenvalue weighted by Crippen LogP contribution is 2.35. The minimum Gasteiger partial charge on any atom is -0.493 e. The summed E-state index contributed by atoms with van der Waals surface area (Å²) in [5, 5.41) is 3.40. The maximum Gasteiger partial charge on any atom is 0.221 e. The lowest BCUT2D eigenvalue weighted by molar-refractivity contribution is 0.354. The van der Waals surface area contributed by atoms with E-state index in [0.29, 0.717) is 24.6 Å². The molecule has 3 rings (SSSR count). The van der Waals surface area contributed by atoms with Crippen LogP contribution < -0.4 is 20.5 Å². The average molecular weight is 393 g/mol. The number of methoxy groups -OCH3 is 2. The van der Waals surface area contributed by atoms with Crippen LogP contribution in [0.15, 0.2) is 48.7 Å². The Labute approximate surface area is 172 Å². The molecule has 6 heteroatoms. The van der Waals surface area contributed by atoms with Crippen LogP contribution in [0.25, 0.3) is 0 Å². The van der Waals surface area contributed by atoms with Gasteiger partial charge in [0.15, 0.2) is 11.5 Å². The zero-order valence-corrected chi connectivity index (χ0v) is 17.4. The number of nitrogen functional groups attached to an aromatic ring is 1. The number of benzene rings is 2. The SMILES string of the molecule is COc1cc(Cc2cnc(N)nc2NCc2ccccc2)c(C(C)C)cc1OC. The molecule has 29 heavy (non-hydrogen) atoms. The Bertz CT molecular complexity index is 959. The van der Waals surface area contributed by atoms with Crippen molar-refractivity contribution in [2.24, 2.45) is 0 Å². The number of hydrogen-bond donors (Lipinski definition) is 2. The molecule has 3 aromatic rings. The number of ether oxygens (including phenoxy) is 2. The minimum absolute atomic E-state index is 0.251. The van der Waals surface area contributed by atoms with Gasteiger partial charge in [-0.1, -0.05) is 44.2 Å². The highest BCUT2D eigenvalue weighted by molar-refractivity contribution is 5.53. The van der Waals surface area contributed by atoms with E-state index in [0.717, 1.165) is 22.7 Å². The number of aromatic nitrogens is 2. The third-order valence-electron chi connectivity index (χ3n) is 4.83. The summed E-state index contributed by atoms with van der Waals surface area (Å²) in [6.07, 6.45) is 2.45. The summed E-state index contributed by atoms with van der Waals surface area (Å²) in [5.41, 5.74) is 10.3. The first-order valence-electron chi connectivity index (χ1n) is 9.65. The molecule has 0 unspecified atom stereocenters. The second-order valence-electron chi connectivity index (χ2n) is 7.18. The Kier molecular flexibility index (Phi) is 6.54. The molecular formula is C23H28N4O2. The second kappa shape index (κ2) is 9.28. The fourth-order valence-corrected chi connectivity index (χ4v) is 3.32. The topological polar surface area (TPSA) is 82.3 Å². The first-order valence-corrected chi connectivity index (χ1v) is 9.65. The molecule has 6 nitrogen and oxygen atoms in total. The number of rotatable bonds is 8. The maximum absolute atomic E-state index is 5.85. The molecule has 0 amide bonds. The molecule has 0 saturated carbocycles. The van der Waals surface area contributed by atoms with Crippen molar-refractivity contribution in [3.8, 4) is 11.5 Å². The van der Waals surface area contributed by atoms with Crippen LogP contribution >= 0.6 is 0 Å². The van der Waals surface area contributed by atoms with Crippen LogP contribution in [0.3, 0.4) is 0 Å². The van der Waals surface area contributed by atoms with E-state index in [1.165, 1.54) is 11.1 Å². The quantitative estimate of drug-likeness (QED) is 0.591. The van der Waals surface area contributed by atoms with Gasteiger partial charge in [-0.15, -0.1) is 0 Å². The van der Waals surface area contributed by atoms with Gasteiger partial charge in [-0.3, -0.25) is 0 Å². The molecule has 0 aliphatic heterocycles. The van der Waals surface area contributed by atoms with E-state index in [1.807, 2.05) is 30.3 Å². The molecular weight excluding hydrogens is 364 g/mol. The van der Waals surface area contributed by atoms with E-state index in [9.17, 15) is 0 Å². The number of nitrogens with zero attached hydrogens (tertiary/aromatic N) is 2. The summed E-state index contributed by atoms with van der Waals surface area (Å²) >= 11 is 0. The van der Waals surface area contributed by atoms with Crippen LogP contribution in [0.4, 0.5) is 11.8 Å². The van der Waals surface area contributed by atoms with E-state index in [4.69, 9.17) is 15.2 Å². The van der Waals surface area contributed by atoms with Gasteiger partial charge in [0.2, 0.25) is 5.95 Å². The van der Waals surface area contributed by atoms with Crippen molar-refractivity contribution < 1.29 is 9.47 Å². The second-order valence-corrected chi connectivity index (χ2v) is 7.18. The standard InChI is InChI=1S/C23H28N4O2/c1-15(2)19-12-21(29-4)20(28-3)11-17(19)10-18-14-26-23(24)27-22(18)25-13-16-8-6-5-7-9-16/h5-9,11-12,14-15H,10,13H2,1-4H3,(H3,24,25,26,27). The molecule has 0 saturated heterocycles. The predicted molar refractivity (Wildman–Crippen MR) is 117 cm³/mol. The monoisotopic (exact) mass is 392 g/mol. The largest absolute Gasteiger partial charge is 0.493 e. The highest BCUT2D eigenvalue weighted by atomic mass is 16.5. The van der Waals surface area contributed by atoms with Gasteiger partial charge in [0.05, 0.1) is 14.2 Å². The number of hydrogen-bond acceptors (Lipinski definition) is 6. The van der Waals surface area contributed by atoms with Gasteiger partial charge in [0.1, 0.15) is 5.82 Å². The summed E-state index contributed by atoms with van der Waals surface area (Å²) in [5.74, 6) is 2.77. The summed E-state index contributed by atoms with van der Waals surface area (Å²) in [7, 11) is 3.30. The van der Waals surface area contributed by atoms with E-state index in [-0.39, 0.29) is 5.95 Å². The third-order valence-corrected chi connectivity index (χ3v) is 4.83. The van der Waals surface area contributed by atoms with Gasteiger partial charge < -0.3 is 20.5 Å². The van der Waals surface area contributed by atoms with Crippen LogP contribution in [0, 0.1) is 0 Å². The molecule has 0 spiro atoms. The summed E-state index contributed by atoms with van der Waals surface area (Å²) in [6, 6.07) is 14.3. The molecule has 0 atom stereocenters. The van der Waals surface area contributed by atoms with Crippen molar-refractivity contribution in [1.82, 2.24) is 9.97 Å². The molecule has 0 aliphatic rings. The Morgan fingerprint density at radius 1 is 1.00 bits per heavy atom. The lowest BCUT2D eigenvalue weighted by atomic mass is 9.92. The number of nitrogens with two attached hydrogens (primary N) is 1. The van der Waals surface area contributed by atoms with Crippen molar-refractivity contribution in [1.29, 1.82) is 0 Å². The lowest BCUT2D eigenvalue weighted by Gasteiger charge is -2.18. The third kappa shape index (κ3) is 4.96. The Morgan fingerprint density at radius 3 is 2.34 bits per heavy atom. The van der Waals surface area contributed by atoms with Crippen LogP contribution in [0.5, 0.6) is 11.5 Å². The van der Waals surface area contributed by atoms with Gasteiger partial charge in [-0.05, 0) is 34.7 Å². The van der Waals surface area contributed by atoms with Crippen molar-refractivity contribution in [3.63, 3.8) is 0 Å². The van der Waals surface area contributed by atoms with E-state index < -0.39 is 0 Å². The number of anilines is 2. The molecule has 3 N–H and O–H groups in total. The van der Waals surface area contributed by atoms with Gasteiger partial charge in [-0.25, -0.2) is 4.98 Å². The van der Waals surface area contributed by atoms with Crippen molar-refractivity contribution >= 4 is 11.8 Å². The highest BCUT2D eigenvalue weighted by Gasteiger charge is 2.16. The molecule has 152 valence electrons. The number of nitrogens with one attached hydrogen (secondary N) is 1. The van der Waals surface area contributed by atoms with Crippen LogP contribution in [-0.4, -0.2) is 24.2 Å². The Hall–Kier alpha value is -3.28. The van der Waals surface area contributed by atoms with Gasteiger partial charge >= 0.3 is 0 Å². The zero-order valence-electron chi connectivity index (χ0n) is 17.4. The molecule has 1 aromatic heterocycles. The van der Waals surface area contributed by atoms with E-state index in [1.54, 1.807) is 20.4 Å². The van der Waals surface area contributed by atoms with E-state index >= 15 is 0 Å². The fourth-order valence-electron chi connectivity index (χ4n) is 3.32. The molecule has 2 aromatic carbocycles. The van der Waals surface area contributed by atoms with E-state index in [2.05, 4.69) is 41.3 Å². The summed E-state index contributed by atoms with van der Waals surface area (Å²) in [4.78, 5) is 8.65. The maximum atomic E-state index is 5.85. The average Bonchev–Trinajstić information content (AvgIpc) is 2.74. The van der Waals surface area contributed by atoms with Crippen molar-refractivity contribution in [2.75, 3.05) is 25.3 Å². The molecule has 1 heterocycles. The van der Waals surface area contributed by atoms with Crippen LogP contribution in [0.2, 0.25) is 0 Å². The van der Waals surface area contributed by atoms with Gasteiger partial charge in [0, 0.05) is 24.7 Å². The minimum atomic E-state index is 0.251. The molecule has 0 fully saturated rings. The van der Waals surface area contributed by atoms with Crippen molar-refractivity contribution in [2.45, 2.75) is 32.7 Å². The smallest absolute Gasteiger partial charge is 0.221 e. The van der Waals surface area contributed by atoms with Crippen LogP contribution in [-0.2, 0) is 13.0 Å². The first-order chi connectivity index (χ1) is 14.0.